The standard InChI is InChI=1S/C22H38N8/c1-15-9-27(10-16(2)23-15)13-21-25-26-22(14-28-11-17(3)24-18(4)12-28)30(21)29-19(5)7-8-20(29)6/h7-8,15-18,23-24H,9-14H2,1-6H3. The molecule has 166 valence electrons. The Bertz CT molecular complexity index is 770. The summed E-state index contributed by atoms with van der Waals surface area (Å²) in [6.45, 7) is 19.1. The van der Waals surface area contributed by atoms with E-state index in [0.29, 0.717) is 24.2 Å². The predicted molar refractivity (Wildman–Crippen MR) is 119 cm³/mol. The lowest BCUT2D eigenvalue weighted by Gasteiger charge is -2.36. The van der Waals surface area contributed by atoms with Crippen molar-refractivity contribution in [3.8, 4) is 0 Å². The van der Waals surface area contributed by atoms with Gasteiger partial charge in [0.05, 0.1) is 13.1 Å². The van der Waals surface area contributed by atoms with Crippen molar-refractivity contribution < 1.29 is 0 Å². The van der Waals surface area contributed by atoms with Crippen molar-refractivity contribution in [3.63, 3.8) is 0 Å². The summed E-state index contributed by atoms with van der Waals surface area (Å²) in [7, 11) is 0. The lowest BCUT2D eigenvalue weighted by atomic mass is 10.1. The van der Waals surface area contributed by atoms with Crippen LogP contribution in [0.15, 0.2) is 12.1 Å². The number of aryl methyl sites for hydroxylation is 2. The second kappa shape index (κ2) is 8.78. The van der Waals surface area contributed by atoms with E-state index in [1.165, 1.54) is 11.4 Å². The number of rotatable bonds is 5. The predicted octanol–water partition coefficient (Wildman–Crippen LogP) is 1.37. The molecule has 0 radical (unpaired) electrons. The number of nitrogens with one attached hydrogen (secondary N) is 2. The Balaban J connectivity index is 1.64. The zero-order chi connectivity index (χ0) is 21.4. The summed E-state index contributed by atoms with van der Waals surface area (Å²) in [5.41, 5.74) is 2.41. The third kappa shape index (κ3) is 4.61. The fourth-order valence-electron chi connectivity index (χ4n) is 5.29. The molecule has 4 rings (SSSR count). The van der Waals surface area contributed by atoms with Crippen LogP contribution in [-0.2, 0) is 13.1 Å². The lowest BCUT2D eigenvalue weighted by Crippen LogP contribution is -2.54. The maximum Gasteiger partial charge on any atom is 0.167 e. The van der Waals surface area contributed by atoms with Gasteiger partial charge < -0.3 is 10.6 Å². The number of aromatic nitrogens is 4. The topological polar surface area (TPSA) is 66.2 Å². The van der Waals surface area contributed by atoms with E-state index in [1.807, 2.05) is 0 Å². The normalized spacial score (nSPS) is 28.9. The van der Waals surface area contributed by atoms with E-state index in [-0.39, 0.29) is 0 Å². The third-order valence-electron chi connectivity index (χ3n) is 6.20. The Morgan fingerprint density at radius 3 is 1.43 bits per heavy atom. The average molecular weight is 415 g/mol. The molecule has 0 bridgehead atoms. The van der Waals surface area contributed by atoms with Gasteiger partial charge in [-0.2, -0.15) is 0 Å². The van der Waals surface area contributed by atoms with Crippen molar-refractivity contribution in [2.75, 3.05) is 26.2 Å². The Kier molecular flexibility index (Phi) is 6.29. The summed E-state index contributed by atoms with van der Waals surface area (Å²) < 4.78 is 4.54. The van der Waals surface area contributed by atoms with Crippen LogP contribution in [0.2, 0.25) is 0 Å². The van der Waals surface area contributed by atoms with Crippen LogP contribution >= 0.6 is 0 Å². The lowest BCUT2D eigenvalue weighted by molar-refractivity contribution is 0.156. The molecule has 2 aliphatic heterocycles. The molecule has 0 aliphatic carbocycles. The highest BCUT2D eigenvalue weighted by molar-refractivity contribution is 5.16. The fraction of sp³-hybridized carbons (Fsp3) is 0.727. The Morgan fingerprint density at radius 1 is 0.700 bits per heavy atom. The zero-order valence-corrected chi connectivity index (χ0v) is 19.4. The molecule has 2 aromatic rings. The first-order valence-electron chi connectivity index (χ1n) is 11.4. The van der Waals surface area contributed by atoms with Gasteiger partial charge in [-0.15, -0.1) is 10.2 Å². The Morgan fingerprint density at radius 2 is 1.07 bits per heavy atom. The van der Waals surface area contributed by atoms with Gasteiger partial charge in [0, 0.05) is 61.7 Å². The Labute approximate surface area is 180 Å². The van der Waals surface area contributed by atoms with Crippen LogP contribution in [0.3, 0.4) is 0 Å². The van der Waals surface area contributed by atoms with E-state index in [9.17, 15) is 0 Å². The molecule has 8 heteroatoms. The first kappa shape index (κ1) is 21.5. The van der Waals surface area contributed by atoms with E-state index in [2.05, 4.69) is 93.7 Å². The summed E-state index contributed by atoms with van der Waals surface area (Å²) in [4.78, 5) is 5.00. The SMILES string of the molecule is Cc1ccc(C)n1-n1c(CN2CC(C)NC(C)C2)nnc1CN1CC(C)NC(C)C1. The van der Waals surface area contributed by atoms with Crippen molar-refractivity contribution in [2.45, 2.75) is 78.8 Å². The molecule has 4 unspecified atom stereocenters. The molecule has 0 saturated carbocycles. The monoisotopic (exact) mass is 414 g/mol. The quantitative estimate of drug-likeness (QED) is 0.771. The molecule has 4 heterocycles. The number of hydrogen-bond donors (Lipinski definition) is 2. The zero-order valence-electron chi connectivity index (χ0n) is 19.4. The summed E-state index contributed by atoms with van der Waals surface area (Å²) in [6, 6.07) is 6.30. The van der Waals surface area contributed by atoms with Crippen molar-refractivity contribution in [2.24, 2.45) is 0 Å². The van der Waals surface area contributed by atoms with Crippen LogP contribution in [0.1, 0.15) is 50.7 Å². The number of piperazine rings is 2. The van der Waals surface area contributed by atoms with Crippen LogP contribution < -0.4 is 10.6 Å². The van der Waals surface area contributed by atoms with Crippen LogP contribution in [0, 0.1) is 13.8 Å². The van der Waals surface area contributed by atoms with Crippen LogP contribution in [0.5, 0.6) is 0 Å². The summed E-state index contributed by atoms with van der Waals surface area (Å²) in [6.07, 6.45) is 0. The minimum atomic E-state index is 0.489. The first-order chi connectivity index (χ1) is 14.3. The van der Waals surface area contributed by atoms with Crippen molar-refractivity contribution >= 4 is 0 Å². The van der Waals surface area contributed by atoms with Gasteiger partial charge >= 0.3 is 0 Å². The molecular formula is C22H38N8. The van der Waals surface area contributed by atoms with Crippen LogP contribution in [-0.4, -0.2) is 79.7 Å². The van der Waals surface area contributed by atoms with Crippen LogP contribution in [0.4, 0.5) is 0 Å². The maximum absolute atomic E-state index is 4.69. The molecule has 4 atom stereocenters. The maximum atomic E-state index is 4.69. The molecule has 0 spiro atoms. The van der Waals surface area contributed by atoms with Gasteiger partial charge in [-0.1, -0.05) is 0 Å². The molecule has 2 aromatic heterocycles. The highest BCUT2D eigenvalue weighted by Gasteiger charge is 2.27. The fourth-order valence-corrected chi connectivity index (χ4v) is 5.29. The van der Waals surface area contributed by atoms with Gasteiger partial charge in [0.15, 0.2) is 11.6 Å². The van der Waals surface area contributed by atoms with Crippen molar-refractivity contribution in [1.29, 1.82) is 0 Å². The smallest absolute Gasteiger partial charge is 0.167 e. The van der Waals surface area contributed by atoms with Crippen molar-refractivity contribution in [3.05, 3.63) is 35.2 Å². The van der Waals surface area contributed by atoms with Gasteiger partial charge in [-0.3, -0.25) is 14.5 Å². The molecular weight excluding hydrogens is 376 g/mol. The summed E-state index contributed by atoms with van der Waals surface area (Å²) >= 11 is 0. The van der Waals surface area contributed by atoms with Gasteiger partial charge in [0.25, 0.3) is 0 Å². The molecule has 2 aliphatic rings. The van der Waals surface area contributed by atoms with Gasteiger partial charge in [0.2, 0.25) is 0 Å². The molecule has 8 nitrogen and oxygen atoms in total. The van der Waals surface area contributed by atoms with Crippen molar-refractivity contribution in [1.82, 2.24) is 40.0 Å². The summed E-state index contributed by atoms with van der Waals surface area (Å²) in [5, 5.41) is 16.6. The molecule has 30 heavy (non-hydrogen) atoms. The molecule has 2 fully saturated rings. The van der Waals surface area contributed by atoms with E-state index < -0.39 is 0 Å². The molecule has 2 N–H and O–H groups in total. The molecule has 2 saturated heterocycles. The van der Waals surface area contributed by atoms with Crippen LogP contribution in [0.25, 0.3) is 0 Å². The van der Waals surface area contributed by atoms with E-state index in [1.54, 1.807) is 0 Å². The van der Waals surface area contributed by atoms with Gasteiger partial charge in [0.1, 0.15) is 0 Å². The molecule has 0 amide bonds. The van der Waals surface area contributed by atoms with Gasteiger partial charge in [-0.25, -0.2) is 4.68 Å². The minimum Gasteiger partial charge on any atom is -0.309 e. The number of hydrogen-bond acceptors (Lipinski definition) is 6. The minimum absolute atomic E-state index is 0.489. The Hall–Kier alpha value is -1.74. The molecule has 0 aromatic carbocycles. The van der Waals surface area contributed by atoms with E-state index >= 15 is 0 Å². The van der Waals surface area contributed by atoms with Gasteiger partial charge in [-0.05, 0) is 53.7 Å². The highest BCUT2D eigenvalue weighted by atomic mass is 15.5. The highest BCUT2D eigenvalue weighted by Crippen LogP contribution is 2.17. The second-order valence-corrected chi connectivity index (χ2v) is 9.60. The number of nitrogens with zero attached hydrogens (tertiary/aromatic N) is 6. The summed E-state index contributed by atoms with van der Waals surface area (Å²) in [5.74, 6) is 2.04. The second-order valence-electron chi connectivity index (χ2n) is 9.60. The van der Waals surface area contributed by atoms with E-state index in [4.69, 9.17) is 0 Å². The largest absolute Gasteiger partial charge is 0.309 e. The third-order valence-corrected chi connectivity index (χ3v) is 6.20. The average Bonchev–Trinajstić information content (AvgIpc) is 3.15. The first-order valence-corrected chi connectivity index (χ1v) is 11.4. The van der Waals surface area contributed by atoms with E-state index in [0.717, 1.165) is 50.9 Å².